The van der Waals surface area contributed by atoms with Gasteiger partial charge in [-0.25, -0.2) is 0 Å². The molecule has 4 amide bonds. The zero-order valence-electron chi connectivity index (χ0n) is 14.6. The fraction of sp³-hybridized carbons (Fsp3) is 0.286. The van der Waals surface area contributed by atoms with Gasteiger partial charge in [0.15, 0.2) is 11.4 Å². The number of hydrogen-bond acceptors (Lipinski definition) is 6. The van der Waals surface area contributed by atoms with Crippen LogP contribution >= 0.6 is 0 Å². The number of aromatic nitrogens is 4. The van der Waals surface area contributed by atoms with Crippen LogP contribution in [0, 0.1) is 0 Å². The Hall–Kier alpha value is -3.70. The molecule has 4 N–H and O–H groups in total. The lowest BCUT2D eigenvalue weighted by atomic mass is 10.3. The van der Waals surface area contributed by atoms with E-state index in [-0.39, 0.29) is 28.7 Å². The van der Waals surface area contributed by atoms with E-state index in [1.165, 1.54) is 35.8 Å². The first-order chi connectivity index (χ1) is 12.1. The van der Waals surface area contributed by atoms with Crippen molar-refractivity contribution < 1.29 is 19.2 Å². The largest absolute Gasteiger partial charge is 0.364 e. The number of primary amides is 1. The van der Waals surface area contributed by atoms with Crippen LogP contribution in [-0.4, -0.2) is 62.2 Å². The summed E-state index contributed by atoms with van der Waals surface area (Å²) in [5.74, 6) is -2.53. The molecule has 0 saturated heterocycles. The van der Waals surface area contributed by atoms with Crippen molar-refractivity contribution in [2.75, 3.05) is 14.1 Å². The normalized spacial score (nSPS) is 10.3. The molecule has 0 aliphatic carbocycles. The average Bonchev–Trinajstić information content (AvgIpc) is 3.14. The molecule has 2 heterocycles. The minimum Gasteiger partial charge on any atom is -0.364 e. The third kappa shape index (κ3) is 3.68. The summed E-state index contributed by atoms with van der Waals surface area (Å²) in [5.41, 5.74) is 9.54. The molecule has 0 radical (unpaired) electrons. The van der Waals surface area contributed by atoms with Crippen LogP contribution in [0.15, 0.2) is 12.1 Å². The van der Waals surface area contributed by atoms with Crippen LogP contribution in [0.3, 0.4) is 0 Å². The molecule has 0 unspecified atom stereocenters. The number of carbonyl (C=O) groups excluding carboxylic acids is 4. The lowest BCUT2D eigenvalue weighted by Gasteiger charge is -2.09. The van der Waals surface area contributed by atoms with Gasteiger partial charge in [0.05, 0.1) is 0 Å². The maximum atomic E-state index is 12.1. The molecule has 0 aliphatic rings. The predicted octanol–water partition coefficient (Wildman–Crippen LogP) is -1.97. The number of nitrogens with zero attached hydrogens (tertiary/aromatic N) is 5. The van der Waals surface area contributed by atoms with E-state index >= 15 is 0 Å². The summed E-state index contributed by atoms with van der Waals surface area (Å²) >= 11 is 0. The van der Waals surface area contributed by atoms with Gasteiger partial charge >= 0.3 is 0 Å². The van der Waals surface area contributed by atoms with Crippen LogP contribution in [-0.2, 0) is 14.1 Å². The summed E-state index contributed by atoms with van der Waals surface area (Å²) in [4.78, 5) is 48.6. The summed E-state index contributed by atoms with van der Waals surface area (Å²) in [6.45, 7) is 0. The van der Waals surface area contributed by atoms with E-state index in [4.69, 9.17) is 5.73 Å². The molecule has 138 valence electrons. The van der Waals surface area contributed by atoms with Crippen LogP contribution in [0.1, 0.15) is 42.0 Å². The second-order valence-electron chi connectivity index (χ2n) is 5.55. The molecule has 0 spiro atoms. The van der Waals surface area contributed by atoms with Crippen molar-refractivity contribution in [3.05, 3.63) is 34.9 Å². The molecule has 0 atom stereocenters. The van der Waals surface area contributed by atoms with Crippen LogP contribution in [0.4, 0.5) is 0 Å². The Morgan fingerprint density at radius 1 is 0.923 bits per heavy atom. The highest BCUT2D eigenvalue weighted by molar-refractivity contribution is 6.00. The van der Waals surface area contributed by atoms with Gasteiger partial charge < -0.3 is 10.6 Å². The number of aryl methyl sites for hydroxylation is 2. The van der Waals surface area contributed by atoms with Crippen molar-refractivity contribution in [3.63, 3.8) is 0 Å². The van der Waals surface area contributed by atoms with Crippen molar-refractivity contribution >= 4 is 23.6 Å². The number of hydrogen-bond donors (Lipinski definition) is 3. The number of nitrogens with two attached hydrogens (primary N) is 1. The van der Waals surface area contributed by atoms with Gasteiger partial charge in [-0.15, -0.1) is 0 Å². The molecule has 0 aliphatic heterocycles. The quantitative estimate of drug-likeness (QED) is 0.535. The van der Waals surface area contributed by atoms with Gasteiger partial charge in [0.2, 0.25) is 0 Å². The molecule has 12 heteroatoms. The zero-order valence-corrected chi connectivity index (χ0v) is 14.6. The molecule has 2 aromatic heterocycles. The highest BCUT2D eigenvalue weighted by Crippen LogP contribution is 2.06. The standard InChI is InChI=1S/C14H18N8O4/c1-20(2)14(26)10-6-8(19-22(10)4)12(24)16-17-13(25)9-5-7(11(15)23)18-21(9)3/h5-6H,1-4H3,(H2,15,23)(H,16,24)(H,17,25). The molecule has 26 heavy (non-hydrogen) atoms. The van der Waals surface area contributed by atoms with Gasteiger partial charge in [-0.2, -0.15) is 10.2 Å². The van der Waals surface area contributed by atoms with Crippen LogP contribution in [0.5, 0.6) is 0 Å². The van der Waals surface area contributed by atoms with E-state index in [0.717, 1.165) is 4.68 Å². The molecule has 2 aromatic rings. The molecule has 0 aromatic carbocycles. The molecular formula is C14H18N8O4. The Bertz CT molecular complexity index is 895. The van der Waals surface area contributed by atoms with Crippen molar-refractivity contribution in [1.82, 2.24) is 35.3 Å². The molecular weight excluding hydrogens is 344 g/mol. The summed E-state index contributed by atoms with van der Waals surface area (Å²) in [6, 6.07) is 2.50. The monoisotopic (exact) mass is 362 g/mol. The van der Waals surface area contributed by atoms with Gasteiger partial charge in [0.1, 0.15) is 11.4 Å². The van der Waals surface area contributed by atoms with Gasteiger partial charge in [-0.1, -0.05) is 0 Å². The zero-order chi connectivity index (χ0) is 19.6. The summed E-state index contributed by atoms with van der Waals surface area (Å²) < 4.78 is 2.41. The first-order valence-corrected chi connectivity index (χ1v) is 7.32. The smallest absolute Gasteiger partial charge is 0.290 e. The van der Waals surface area contributed by atoms with E-state index in [2.05, 4.69) is 21.0 Å². The molecule has 2 rings (SSSR count). The van der Waals surface area contributed by atoms with Crippen LogP contribution in [0.25, 0.3) is 0 Å². The van der Waals surface area contributed by atoms with Gasteiger partial charge in [-0.3, -0.25) is 39.4 Å². The minimum absolute atomic E-state index is 0.0172. The third-order valence-corrected chi connectivity index (χ3v) is 3.39. The second kappa shape index (κ2) is 7.04. The summed E-state index contributed by atoms with van der Waals surface area (Å²) in [5, 5.41) is 7.71. The Balaban J connectivity index is 2.07. The van der Waals surface area contributed by atoms with E-state index in [0.29, 0.717) is 0 Å². The summed E-state index contributed by atoms with van der Waals surface area (Å²) in [6.07, 6.45) is 0. The highest BCUT2D eigenvalue weighted by Gasteiger charge is 2.20. The average molecular weight is 362 g/mol. The Morgan fingerprint density at radius 3 is 1.96 bits per heavy atom. The number of hydrazine groups is 1. The van der Waals surface area contributed by atoms with Crippen molar-refractivity contribution in [3.8, 4) is 0 Å². The number of rotatable bonds is 4. The lowest BCUT2D eigenvalue weighted by Crippen LogP contribution is -2.42. The Kier molecular flexibility index (Phi) is 5.05. The first kappa shape index (κ1) is 18.6. The molecule has 0 saturated carbocycles. The van der Waals surface area contributed by atoms with Crippen molar-refractivity contribution in [1.29, 1.82) is 0 Å². The molecule has 0 fully saturated rings. The minimum atomic E-state index is -0.782. The van der Waals surface area contributed by atoms with E-state index in [1.54, 1.807) is 14.1 Å². The lowest BCUT2D eigenvalue weighted by molar-refractivity contribution is 0.0816. The van der Waals surface area contributed by atoms with Crippen molar-refractivity contribution in [2.45, 2.75) is 0 Å². The van der Waals surface area contributed by atoms with E-state index in [9.17, 15) is 19.2 Å². The first-order valence-electron chi connectivity index (χ1n) is 7.32. The maximum Gasteiger partial charge on any atom is 0.290 e. The third-order valence-electron chi connectivity index (χ3n) is 3.39. The van der Waals surface area contributed by atoms with Gasteiger partial charge in [0, 0.05) is 40.3 Å². The van der Waals surface area contributed by atoms with Gasteiger partial charge in [0.25, 0.3) is 23.6 Å². The van der Waals surface area contributed by atoms with E-state index in [1.807, 2.05) is 0 Å². The SMILES string of the molecule is CN(C)C(=O)c1cc(C(=O)NNC(=O)c2cc(C(N)=O)nn2C)nn1C. The molecule has 0 bridgehead atoms. The topological polar surface area (TPSA) is 157 Å². The Morgan fingerprint density at radius 2 is 1.42 bits per heavy atom. The van der Waals surface area contributed by atoms with Crippen LogP contribution in [0.2, 0.25) is 0 Å². The fourth-order valence-corrected chi connectivity index (χ4v) is 2.05. The van der Waals surface area contributed by atoms with Crippen LogP contribution < -0.4 is 16.6 Å². The second-order valence-corrected chi connectivity index (χ2v) is 5.55. The fourth-order valence-electron chi connectivity index (χ4n) is 2.05. The Labute approximate surface area is 147 Å². The maximum absolute atomic E-state index is 12.1. The summed E-state index contributed by atoms with van der Waals surface area (Å²) in [7, 11) is 6.11. The highest BCUT2D eigenvalue weighted by atomic mass is 16.2. The predicted molar refractivity (Wildman–Crippen MR) is 87.9 cm³/mol. The number of carbonyl (C=O) groups is 4. The number of amides is 4. The van der Waals surface area contributed by atoms with Gasteiger partial charge in [-0.05, 0) is 0 Å². The molecule has 12 nitrogen and oxygen atoms in total. The number of nitrogens with one attached hydrogen (secondary N) is 2. The van der Waals surface area contributed by atoms with Crippen molar-refractivity contribution in [2.24, 2.45) is 19.8 Å². The van der Waals surface area contributed by atoms with E-state index < -0.39 is 17.7 Å².